The molecule has 7 rings (SSSR count). The first-order valence-electron chi connectivity index (χ1n) is 10.8. The molecule has 0 N–H and O–H groups in total. The van der Waals surface area contributed by atoms with Gasteiger partial charge >= 0.3 is 0 Å². The molecule has 0 unspecified atom stereocenters. The van der Waals surface area contributed by atoms with Crippen LogP contribution >= 0.6 is 0 Å². The fraction of sp³-hybridized carbons (Fsp3) is 0.609. The van der Waals surface area contributed by atoms with Crippen LogP contribution < -0.4 is 14.4 Å². The second-order valence-corrected chi connectivity index (χ2v) is 9.48. The van der Waals surface area contributed by atoms with E-state index in [1.165, 1.54) is 12.0 Å². The Morgan fingerprint density at radius 1 is 1.21 bits per heavy atom. The average Bonchev–Trinajstić information content (AvgIpc) is 3.20. The van der Waals surface area contributed by atoms with E-state index < -0.39 is 0 Å². The van der Waals surface area contributed by atoms with Crippen molar-refractivity contribution in [1.29, 1.82) is 0 Å². The molecule has 1 aromatic carbocycles. The summed E-state index contributed by atoms with van der Waals surface area (Å²) in [6.07, 6.45) is 5.11. The molecular weight excluding hydrogens is 368 g/mol. The Bertz CT molecular complexity index is 974. The molecule has 0 aromatic heterocycles. The Hall–Kier alpha value is -2.05. The third-order valence-corrected chi connectivity index (χ3v) is 8.81. The van der Waals surface area contributed by atoms with E-state index in [1.807, 2.05) is 6.07 Å². The average molecular weight is 394 g/mol. The predicted octanol–water partition coefficient (Wildman–Crippen LogP) is 2.11. The summed E-state index contributed by atoms with van der Waals surface area (Å²) in [6, 6.07) is 4.87. The van der Waals surface area contributed by atoms with Crippen molar-refractivity contribution in [2.45, 2.75) is 42.9 Å². The van der Waals surface area contributed by atoms with Crippen LogP contribution in [0.4, 0.5) is 5.69 Å². The van der Waals surface area contributed by atoms with Gasteiger partial charge in [0.1, 0.15) is 0 Å². The molecule has 1 spiro atoms. The Morgan fingerprint density at radius 3 is 2.86 bits per heavy atom. The van der Waals surface area contributed by atoms with E-state index in [-0.39, 0.29) is 23.5 Å². The van der Waals surface area contributed by atoms with E-state index in [0.717, 1.165) is 30.9 Å². The topological polar surface area (TPSA) is 51.2 Å². The van der Waals surface area contributed by atoms with Gasteiger partial charge in [-0.15, -0.1) is 0 Å². The standard InChI is InChI=1S/C23H26N2O4/c1-27-16-8-14-15(9-17(16)28-2)25-20(26)10-18-21-13-7-19-23(14,22(21)25)4-5-24(19)11-12(13)3-6-29-18/h3,8-9,13,18-19,21-22H,4-7,10-11H2,1-2H3/t13-,18+,19-,21-,22+,23+/m0/s1. The third kappa shape index (κ3) is 1.76. The number of rotatable bonds is 2. The molecule has 6 atom stereocenters. The Kier molecular flexibility index (Phi) is 3.08. The van der Waals surface area contributed by atoms with Crippen LogP contribution in [0, 0.1) is 11.8 Å². The molecule has 1 saturated carbocycles. The predicted molar refractivity (Wildman–Crippen MR) is 107 cm³/mol. The van der Waals surface area contributed by atoms with Crippen LogP contribution in [0.15, 0.2) is 23.8 Å². The van der Waals surface area contributed by atoms with Gasteiger partial charge in [-0.1, -0.05) is 11.6 Å². The van der Waals surface area contributed by atoms with Gasteiger partial charge in [0.2, 0.25) is 5.91 Å². The van der Waals surface area contributed by atoms with Gasteiger partial charge in [-0.2, -0.15) is 0 Å². The van der Waals surface area contributed by atoms with Gasteiger partial charge in [-0.25, -0.2) is 0 Å². The van der Waals surface area contributed by atoms with Gasteiger partial charge in [-0.3, -0.25) is 9.69 Å². The summed E-state index contributed by atoms with van der Waals surface area (Å²) in [5.74, 6) is 2.57. The molecule has 3 saturated heterocycles. The number of piperidine rings is 2. The number of methoxy groups -OCH3 is 2. The summed E-state index contributed by atoms with van der Waals surface area (Å²) in [6.45, 7) is 2.80. The molecule has 6 nitrogen and oxygen atoms in total. The minimum Gasteiger partial charge on any atom is -0.493 e. The van der Waals surface area contributed by atoms with Gasteiger partial charge < -0.3 is 19.1 Å². The number of benzene rings is 1. The minimum absolute atomic E-state index is 0.0242. The van der Waals surface area contributed by atoms with Crippen LogP contribution in [0.1, 0.15) is 24.8 Å². The maximum atomic E-state index is 13.5. The largest absolute Gasteiger partial charge is 0.493 e. The number of carbonyl (C=O) groups excluding carboxylic acids is 1. The molecule has 2 bridgehead atoms. The van der Waals surface area contributed by atoms with Crippen molar-refractivity contribution < 1.29 is 19.0 Å². The number of amides is 1. The Labute approximate surface area is 170 Å². The third-order valence-electron chi connectivity index (χ3n) is 8.81. The zero-order chi connectivity index (χ0) is 19.5. The van der Waals surface area contributed by atoms with Gasteiger partial charge in [-0.05, 0) is 36.9 Å². The fourth-order valence-corrected chi connectivity index (χ4v) is 7.87. The number of hydrogen-bond donors (Lipinski definition) is 0. The molecule has 0 radical (unpaired) electrons. The summed E-state index contributed by atoms with van der Waals surface area (Å²) in [7, 11) is 3.36. The van der Waals surface area contributed by atoms with Gasteiger partial charge in [0.15, 0.2) is 11.5 Å². The molecular formula is C23H26N2O4. The van der Waals surface area contributed by atoms with Crippen molar-refractivity contribution >= 4 is 11.6 Å². The normalized spacial score (nSPS) is 41.0. The van der Waals surface area contributed by atoms with Crippen LogP contribution in [-0.4, -0.2) is 62.9 Å². The monoisotopic (exact) mass is 394 g/mol. The first-order valence-corrected chi connectivity index (χ1v) is 10.8. The summed E-state index contributed by atoms with van der Waals surface area (Å²) in [4.78, 5) is 18.3. The number of hydrogen-bond acceptors (Lipinski definition) is 5. The van der Waals surface area contributed by atoms with Crippen LogP contribution in [-0.2, 0) is 14.9 Å². The first-order chi connectivity index (χ1) is 14.2. The minimum atomic E-state index is -0.0242. The van der Waals surface area contributed by atoms with Crippen LogP contribution in [0.3, 0.4) is 0 Å². The fourth-order valence-electron chi connectivity index (χ4n) is 7.87. The zero-order valence-corrected chi connectivity index (χ0v) is 16.9. The van der Waals surface area contributed by atoms with E-state index in [1.54, 1.807) is 19.8 Å². The van der Waals surface area contributed by atoms with Crippen molar-refractivity contribution in [2.24, 2.45) is 11.8 Å². The van der Waals surface area contributed by atoms with E-state index >= 15 is 0 Å². The first kappa shape index (κ1) is 16.7. The summed E-state index contributed by atoms with van der Waals surface area (Å²) < 4.78 is 17.6. The van der Waals surface area contributed by atoms with Gasteiger partial charge in [0, 0.05) is 30.0 Å². The van der Waals surface area contributed by atoms with Crippen LogP contribution in [0.25, 0.3) is 0 Å². The van der Waals surface area contributed by atoms with E-state index in [4.69, 9.17) is 14.2 Å². The molecule has 1 aromatic rings. The maximum absolute atomic E-state index is 13.5. The molecule has 6 aliphatic rings. The van der Waals surface area contributed by atoms with Crippen molar-refractivity contribution in [1.82, 2.24) is 4.90 Å². The lowest BCUT2D eigenvalue weighted by Crippen LogP contribution is -2.69. The maximum Gasteiger partial charge on any atom is 0.229 e. The second-order valence-electron chi connectivity index (χ2n) is 9.48. The SMILES string of the molecule is COc1cc2c(cc1OC)[C@@]13CCN4CC5=CCO[C@@H]6CC(=O)N2[C@@H]1[C@H]6[C@H]5C[C@H]43. The van der Waals surface area contributed by atoms with Crippen molar-refractivity contribution in [3.63, 3.8) is 0 Å². The summed E-state index contributed by atoms with van der Waals surface area (Å²) >= 11 is 0. The lowest BCUT2D eigenvalue weighted by atomic mass is 9.53. The molecule has 5 heterocycles. The van der Waals surface area contributed by atoms with E-state index in [9.17, 15) is 4.79 Å². The number of ether oxygens (including phenoxy) is 3. The highest BCUT2D eigenvalue weighted by Crippen LogP contribution is 2.66. The lowest BCUT2D eigenvalue weighted by molar-refractivity contribution is -0.132. The van der Waals surface area contributed by atoms with Crippen LogP contribution in [0.5, 0.6) is 11.5 Å². The molecule has 4 fully saturated rings. The van der Waals surface area contributed by atoms with Crippen molar-refractivity contribution in [2.75, 3.05) is 38.8 Å². The number of anilines is 1. The molecule has 152 valence electrons. The Balaban J connectivity index is 1.52. The number of carbonyl (C=O) groups is 1. The van der Waals surface area contributed by atoms with Gasteiger partial charge in [0.05, 0.1) is 45.1 Å². The Morgan fingerprint density at radius 2 is 2.03 bits per heavy atom. The zero-order valence-electron chi connectivity index (χ0n) is 16.9. The summed E-state index contributed by atoms with van der Waals surface area (Å²) in [5, 5.41) is 0. The smallest absolute Gasteiger partial charge is 0.229 e. The van der Waals surface area contributed by atoms with Crippen molar-refractivity contribution in [3.05, 3.63) is 29.3 Å². The van der Waals surface area contributed by atoms with E-state index in [0.29, 0.717) is 36.7 Å². The highest BCUT2D eigenvalue weighted by Gasteiger charge is 2.71. The molecule has 1 aliphatic carbocycles. The number of nitrogens with zero attached hydrogens (tertiary/aromatic N) is 2. The molecule has 6 heteroatoms. The second kappa shape index (κ2) is 5.35. The van der Waals surface area contributed by atoms with Crippen LogP contribution in [0.2, 0.25) is 0 Å². The number of fused-ring (bicyclic) bond motifs is 2. The molecule has 5 aliphatic heterocycles. The summed E-state index contributed by atoms with van der Waals surface area (Å²) in [5.41, 5.74) is 3.85. The van der Waals surface area contributed by atoms with Crippen molar-refractivity contribution in [3.8, 4) is 11.5 Å². The van der Waals surface area contributed by atoms with E-state index in [2.05, 4.69) is 21.9 Å². The lowest BCUT2D eigenvalue weighted by Gasteiger charge is -2.58. The highest BCUT2D eigenvalue weighted by molar-refractivity contribution is 5.99. The highest BCUT2D eigenvalue weighted by atomic mass is 16.5. The molecule has 1 amide bonds. The molecule has 29 heavy (non-hydrogen) atoms. The quantitative estimate of drug-likeness (QED) is 0.719. The van der Waals surface area contributed by atoms with Gasteiger partial charge in [0.25, 0.3) is 0 Å².